The number of hydrogen-bond acceptors (Lipinski definition) is 1. The molecule has 0 aliphatic heterocycles. The zero-order valence-corrected chi connectivity index (χ0v) is 7.16. The molecule has 12 heavy (non-hydrogen) atoms. The maximum absolute atomic E-state index is 10.0. The van der Waals surface area contributed by atoms with Crippen LogP contribution in [-0.4, -0.2) is 13.0 Å². The lowest BCUT2D eigenvalue weighted by Gasteiger charge is -2.09. The summed E-state index contributed by atoms with van der Waals surface area (Å²) in [6, 6.07) is 10.1. The quantitative estimate of drug-likeness (QED) is 0.670. The zero-order valence-electron chi connectivity index (χ0n) is 7.16. The molecule has 1 unspecified atom stereocenters. The van der Waals surface area contributed by atoms with Crippen LogP contribution in [0.15, 0.2) is 30.3 Å². The Morgan fingerprint density at radius 1 is 1.42 bits per heavy atom. The molecule has 1 amide bonds. The van der Waals surface area contributed by atoms with Crippen molar-refractivity contribution >= 4 is 6.41 Å². The van der Waals surface area contributed by atoms with Crippen LogP contribution >= 0.6 is 0 Å². The highest BCUT2D eigenvalue weighted by Crippen LogP contribution is 2.12. The Morgan fingerprint density at radius 2 is 2.08 bits per heavy atom. The van der Waals surface area contributed by atoms with Crippen LogP contribution in [0.5, 0.6) is 0 Å². The SMILES string of the molecule is CC(CNC=O)c1ccccc1. The van der Waals surface area contributed by atoms with E-state index in [1.165, 1.54) is 5.56 Å². The van der Waals surface area contributed by atoms with E-state index in [1.54, 1.807) is 0 Å². The molecule has 0 aromatic heterocycles. The molecule has 1 atom stereocenters. The van der Waals surface area contributed by atoms with Crippen molar-refractivity contribution in [3.63, 3.8) is 0 Å². The monoisotopic (exact) mass is 163 g/mol. The molecule has 0 radical (unpaired) electrons. The van der Waals surface area contributed by atoms with Crippen LogP contribution in [0.2, 0.25) is 0 Å². The van der Waals surface area contributed by atoms with Gasteiger partial charge in [0.2, 0.25) is 6.41 Å². The van der Waals surface area contributed by atoms with Gasteiger partial charge in [-0.3, -0.25) is 4.79 Å². The van der Waals surface area contributed by atoms with Gasteiger partial charge in [0.25, 0.3) is 0 Å². The van der Waals surface area contributed by atoms with Gasteiger partial charge in [-0.1, -0.05) is 37.3 Å². The van der Waals surface area contributed by atoms with Gasteiger partial charge >= 0.3 is 0 Å². The lowest BCUT2D eigenvalue weighted by atomic mass is 10.0. The predicted octanol–water partition coefficient (Wildman–Crippen LogP) is 1.54. The van der Waals surface area contributed by atoms with Crippen molar-refractivity contribution in [3.05, 3.63) is 35.9 Å². The number of rotatable bonds is 4. The second-order valence-electron chi connectivity index (χ2n) is 2.84. The third kappa shape index (κ3) is 2.38. The average Bonchev–Trinajstić information content (AvgIpc) is 2.15. The molecule has 1 N–H and O–H groups in total. The van der Waals surface area contributed by atoms with Gasteiger partial charge in [-0.15, -0.1) is 0 Å². The van der Waals surface area contributed by atoms with Crippen LogP contribution in [0.1, 0.15) is 18.4 Å². The van der Waals surface area contributed by atoms with E-state index in [2.05, 4.69) is 24.4 Å². The van der Waals surface area contributed by atoms with E-state index in [1.807, 2.05) is 18.2 Å². The largest absolute Gasteiger partial charge is 0.358 e. The van der Waals surface area contributed by atoms with Gasteiger partial charge in [0, 0.05) is 6.54 Å². The summed E-state index contributed by atoms with van der Waals surface area (Å²) >= 11 is 0. The van der Waals surface area contributed by atoms with Gasteiger partial charge in [-0.25, -0.2) is 0 Å². The molecule has 0 heterocycles. The highest BCUT2D eigenvalue weighted by molar-refractivity contribution is 5.46. The molecule has 0 aliphatic carbocycles. The van der Waals surface area contributed by atoms with Crippen molar-refractivity contribution in [2.45, 2.75) is 12.8 Å². The van der Waals surface area contributed by atoms with Crippen molar-refractivity contribution in [1.29, 1.82) is 0 Å². The predicted molar refractivity (Wildman–Crippen MR) is 48.9 cm³/mol. The van der Waals surface area contributed by atoms with Crippen LogP contribution in [0, 0.1) is 0 Å². The molecule has 64 valence electrons. The summed E-state index contributed by atoms with van der Waals surface area (Å²) in [5.74, 6) is 0.386. The fourth-order valence-corrected chi connectivity index (χ4v) is 1.12. The van der Waals surface area contributed by atoms with Gasteiger partial charge in [0.1, 0.15) is 0 Å². The van der Waals surface area contributed by atoms with E-state index in [0.717, 1.165) is 6.41 Å². The van der Waals surface area contributed by atoms with Crippen LogP contribution in [0.25, 0.3) is 0 Å². The van der Waals surface area contributed by atoms with Gasteiger partial charge in [-0.2, -0.15) is 0 Å². The normalized spacial score (nSPS) is 12.1. The van der Waals surface area contributed by atoms with E-state index < -0.39 is 0 Å². The Hall–Kier alpha value is -1.31. The Kier molecular flexibility index (Phi) is 3.33. The molecular weight excluding hydrogens is 150 g/mol. The number of hydrogen-bond donors (Lipinski definition) is 1. The first-order chi connectivity index (χ1) is 5.84. The fraction of sp³-hybridized carbons (Fsp3) is 0.300. The van der Waals surface area contributed by atoms with Gasteiger partial charge in [0.05, 0.1) is 0 Å². The number of carbonyl (C=O) groups is 1. The van der Waals surface area contributed by atoms with E-state index in [4.69, 9.17) is 0 Å². The third-order valence-corrected chi connectivity index (χ3v) is 1.88. The van der Waals surface area contributed by atoms with Crippen molar-refractivity contribution < 1.29 is 4.79 Å². The lowest BCUT2D eigenvalue weighted by Crippen LogP contribution is -2.17. The number of amides is 1. The highest BCUT2D eigenvalue weighted by atomic mass is 16.1. The molecule has 0 saturated carbocycles. The summed E-state index contributed by atoms with van der Waals surface area (Å²) in [6.45, 7) is 2.79. The Bertz CT molecular complexity index is 233. The van der Waals surface area contributed by atoms with E-state index in [9.17, 15) is 4.79 Å². The Labute approximate surface area is 72.6 Å². The van der Waals surface area contributed by atoms with Crippen molar-refractivity contribution in [2.24, 2.45) is 0 Å². The van der Waals surface area contributed by atoms with Gasteiger partial charge < -0.3 is 5.32 Å². The molecule has 0 saturated heterocycles. The molecule has 1 rings (SSSR count). The summed E-state index contributed by atoms with van der Waals surface area (Å²) in [7, 11) is 0. The minimum absolute atomic E-state index is 0.386. The van der Waals surface area contributed by atoms with E-state index in [0.29, 0.717) is 12.5 Å². The summed E-state index contributed by atoms with van der Waals surface area (Å²) in [5, 5.41) is 2.67. The van der Waals surface area contributed by atoms with Crippen molar-refractivity contribution in [2.75, 3.05) is 6.54 Å². The smallest absolute Gasteiger partial charge is 0.207 e. The summed E-state index contributed by atoms with van der Waals surface area (Å²) in [4.78, 5) is 10.0. The minimum atomic E-state index is 0.386. The molecule has 2 nitrogen and oxygen atoms in total. The molecule has 1 aromatic carbocycles. The van der Waals surface area contributed by atoms with Crippen molar-refractivity contribution in [1.82, 2.24) is 5.32 Å². The van der Waals surface area contributed by atoms with Crippen LogP contribution in [0.4, 0.5) is 0 Å². The molecule has 2 heteroatoms. The fourth-order valence-electron chi connectivity index (χ4n) is 1.12. The first-order valence-electron chi connectivity index (χ1n) is 4.06. The maximum atomic E-state index is 10.0. The Balaban J connectivity index is 2.53. The third-order valence-electron chi connectivity index (χ3n) is 1.88. The zero-order chi connectivity index (χ0) is 8.81. The van der Waals surface area contributed by atoms with Crippen LogP contribution in [0.3, 0.4) is 0 Å². The minimum Gasteiger partial charge on any atom is -0.358 e. The summed E-state index contributed by atoms with van der Waals surface area (Å²) < 4.78 is 0. The first-order valence-corrected chi connectivity index (χ1v) is 4.06. The molecule has 0 spiro atoms. The molecule has 1 aromatic rings. The maximum Gasteiger partial charge on any atom is 0.207 e. The molecule has 0 bridgehead atoms. The second-order valence-corrected chi connectivity index (χ2v) is 2.84. The summed E-state index contributed by atoms with van der Waals surface area (Å²) in [5.41, 5.74) is 1.26. The van der Waals surface area contributed by atoms with Gasteiger partial charge in [0.15, 0.2) is 0 Å². The van der Waals surface area contributed by atoms with E-state index >= 15 is 0 Å². The van der Waals surface area contributed by atoms with Crippen LogP contribution in [-0.2, 0) is 4.79 Å². The average molecular weight is 163 g/mol. The van der Waals surface area contributed by atoms with Gasteiger partial charge in [-0.05, 0) is 11.5 Å². The second kappa shape index (κ2) is 4.54. The van der Waals surface area contributed by atoms with E-state index in [-0.39, 0.29) is 0 Å². The topological polar surface area (TPSA) is 29.1 Å². The summed E-state index contributed by atoms with van der Waals surface area (Å²) in [6.07, 6.45) is 0.736. The number of benzene rings is 1. The number of carbonyl (C=O) groups excluding carboxylic acids is 1. The highest BCUT2D eigenvalue weighted by Gasteiger charge is 2.02. The van der Waals surface area contributed by atoms with Crippen LogP contribution < -0.4 is 5.32 Å². The molecule has 0 fully saturated rings. The molecular formula is C10H13NO. The number of nitrogens with one attached hydrogen (secondary N) is 1. The standard InChI is InChI=1S/C10H13NO/c1-9(7-11-8-12)10-5-3-2-4-6-10/h2-6,8-9H,7H2,1H3,(H,11,12). The lowest BCUT2D eigenvalue weighted by molar-refractivity contribution is -0.109. The first kappa shape index (κ1) is 8.78. The van der Waals surface area contributed by atoms with Crippen molar-refractivity contribution in [3.8, 4) is 0 Å². The molecule has 0 aliphatic rings. The Morgan fingerprint density at radius 3 is 2.67 bits per heavy atom.